The lowest BCUT2D eigenvalue weighted by atomic mass is 10.1. The van der Waals surface area contributed by atoms with Crippen LogP contribution in [-0.4, -0.2) is 32.6 Å². The van der Waals surface area contributed by atoms with E-state index in [0.717, 1.165) is 0 Å². The number of nitrogens with two attached hydrogens (primary N) is 1. The average Bonchev–Trinajstić information content (AvgIpc) is 2.38. The summed E-state index contributed by atoms with van der Waals surface area (Å²) < 4.78 is 9.47. The van der Waals surface area contributed by atoms with E-state index in [9.17, 15) is 9.59 Å². The lowest BCUT2D eigenvalue weighted by molar-refractivity contribution is -0.140. The van der Waals surface area contributed by atoms with E-state index in [-0.39, 0.29) is 24.8 Å². The highest BCUT2D eigenvalue weighted by atomic mass is 16.5. The second kappa shape index (κ2) is 6.48. The van der Waals surface area contributed by atoms with Crippen molar-refractivity contribution in [2.45, 2.75) is 6.42 Å². The lowest BCUT2D eigenvalue weighted by Crippen LogP contribution is -2.27. The van der Waals surface area contributed by atoms with Gasteiger partial charge >= 0.3 is 5.97 Å². The molecule has 0 aliphatic heterocycles. The molecular weight excluding hydrogens is 236 g/mol. The van der Waals surface area contributed by atoms with E-state index in [0.29, 0.717) is 17.0 Å². The van der Waals surface area contributed by atoms with Gasteiger partial charge in [0.15, 0.2) is 0 Å². The summed E-state index contributed by atoms with van der Waals surface area (Å²) in [7, 11) is 2.80. The first-order valence-corrected chi connectivity index (χ1v) is 5.37. The summed E-state index contributed by atoms with van der Waals surface area (Å²) in [5.41, 5.74) is 6.37. The van der Waals surface area contributed by atoms with Crippen LogP contribution in [0.3, 0.4) is 0 Å². The molecule has 0 unspecified atom stereocenters. The van der Waals surface area contributed by atoms with Crippen LogP contribution in [0.15, 0.2) is 18.2 Å². The highest BCUT2D eigenvalue weighted by Gasteiger charge is 2.11. The van der Waals surface area contributed by atoms with E-state index < -0.39 is 0 Å². The van der Waals surface area contributed by atoms with Crippen LogP contribution in [0, 0.1) is 0 Å². The summed E-state index contributed by atoms with van der Waals surface area (Å²) in [5, 5.41) is 2.58. The van der Waals surface area contributed by atoms with Gasteiger partial charge in [-0.3, -0.25) is 9.59 Å². The average molecular weight is 252 g/mol. The molecule has 0 heterocycles. The maximum atomic E-state index is 11.8. The monoisotopic (exact) mass is 252 g/mol. The smallest absolute Gasteiger partial charge is 0.307 e. The van der Waals surface area contributed by atoms with Gasteiger partial charge in [-0.25, -0.2) is 0 Å². The number of carbonyl (C=O) groups excluding carboxylic acids is 2. The van der Waals surface area contributed by atoms with Crippen LogP contribution in [0.1, 0.15) is 16.8 Å². The molecule has 0 saturated heterocycles. The van der Waals surface area contributed by atoms with Crippen LogP contribution in [0.4, 0.5) is 5.69 Å². The van der Waals surface area contributed by atoms with Gasteiger partial charge in [0.2, 0.25) is 0 Å². The van der Waals surface area contributed by atoms with Crippen molar-refractivity contribution in [3.8, 4) is 5.75 Å². The van der Waals surface area contributed by atoms with E-state index in [2.05, 4.69) is 10.1 Å². The Morgan fingerprint density at radius 3 is 2.67 bits per heavy atom. The maximum absolute atomic E-state index is 11.8. The Morgan fingerprint density at radius 1 is 1.33 bits per heavy atom. The van der Waals surface area contributed by atoms with E-state index in [1.165, 1.54) is 14.2 Å². The van der Waals surface area contributed by atoms with Crippen molar-refractivity contribution in [2.75, 3.05) is 26.5 Å². The van der Waals surface area contributed by atoms with Crippen molar-refractivity contribution in [3.63, 3.8) is 0 Å². The van der Waals surface area contributed by atoms with Crippen LogP contribution in [0.5, 0.6) is 5.75 Å². The molecule has 0 radical (unpaired) electrons. The first-order valence-electron chi connectivity index (χ1n) is 5.37. The predicted octanol–water partition coefficient (Wildman–Crippen LogP) is 0.570. The Morgan fingerprint density at radius 2 is 2.06 bits per heavy atom. The fourth-order valence-electron chi connectivity index (χ4n) is 1.33. The zero-order valence-electron chi connectivity index (χ0n) is 10.4. The van der Waals surface area contributed by atoms with Crippen molar-refractivity contribution in [3.05, 3.63) is 23.8 Å². The highest BCUT2D eigenvalue weighted by molar-refractivity contribution is 5.99. The molecule has 0 aliphatic carbocycles. The molecule has 0 aliphatic rings. The summed E-state index contributed by atoms with van der Waals surface area (Å²) in [6.07, 6.45) is 0.117. The van der Waals surface area contributed by atoms with Gasteiger partial charge in [0, 0.05) is 12.2 Å². The number of methoxy groups -OCH3 is 2. The Kier molecular flexibility index (Phi) is 4.98. The van der Waals surface area contributed by atoms with Gasteiger partial charge in [-0.2, -0.15) is 0 Å². The SMILES string of the molecule is COC(=O)CCNC(=O)c1cc(OC)ccc1N. The number of carbonyl (C=O) groups is 2. The van der Waals surface area contributed by atoms with Crippen LogP contribution in [0.25, 0.3) is 0 Å². The molecule has 0 aromatic heterocycles. The minimum absolute atomic E-state index is 0.117. The van der Waals surface area contributed by atoms with E-state index in [1.807, 2.05) is 0 Å². The zero-order chi connectivity index (χ0) is 13.5. The second-order valence-electron chi connectivity index (χ2n) is 3.54. The van der Waals surface area contributed by atoms with Crippen molar-refractivity contribution in [1.29, 1.82) is 0 Å². The molecule has 1 aromatic rings. The fourth-order valence-corrected chi connectivity index (χ4v) is 1.33. The van der Waals surface area contributed by atoms with Crippen molar-refractivity contribution in [2.24, 2.45) is 0 Å². The number of rotatable bonds is 5. The van der Waals surface area contributed by atoms with Crippen LogP contribution >= 0.6 is 0 Å². The number of benzene rings is 1. The number of nitrogen functional groups attached to an aromatic ring is 1. The third-order valence-corrected chi connectivity index (χ3v) is 2.35. The molecule has 6 heteroatoms. The third-order valence-electron chi connectivity index (χ3n) is 2.35. The molecule has 0 spiro atoms. The van der Waals surface area contributed by atoms with Gasteiger partial charge in [0.05, 0.1) is 26.2 Å². The van der Waals surface area contributed by atoms with Gasteiger partial charge in [0.25, 0.3) is 5.91 Å². The van der Waals surface area contributed by atoms with Crippen LogP contribution < -0.4 is 15.8 Å². The molecule has 0 atom stereocenters. The molecule has 1 aromatic carbocycles. The molecule has 0 fully saturated rings. The lowest BCUT2D eigenvalue weighted by Gasteiger charge is -2.08. The Balaban J connectivity index is 2.63. The number of hydrogen-bond donors (Lipinski definition) is 2. The number of nitrogens with one attached hydrogen (secondary N) is 1. The fraction of sp³-hybridized carbons (Fsp3) is 0.333. The molecule has 3 N–H and O–H groups in total. The molecule has 6 nitrogen and oxygen atoms in total. The molecule has 18 heavy (non-hydrogen) atoms. The van der Waals surface area contributed by atoms with Gasteiger partial charge in [-0.05, 0) is 18.2 Å². The largest absolute Gasteiger partial charge is 0.497 e. The Bertz CT molecular complexity index is 446. The minimum Gasteiger partial charge on any atom is -0.497 e. The van der Waals surface area contributed by atoms with Crippen LogP contribution in [0.2, 0.25) is 0 Å². The van der Waals surface area contributed by atoms with Crippen LogP contribution in [-0.2, 0) is 9.53 Å². The van der Waals surface area contributed by atoms with Gasteiger partial charge in [-0.15, -0.1) is 0 Å². The molecule has 1 amide bonds. The predicted molar refractivity (Wildman–Crippen MR) is 66.4 cm³/mol. The molecule has 0 saturated carbocycles. The van der Waals surface area contributed by atoms with Crippen molar-refractivity contribution < 1.29 is 19.1 Å². The first kappa shape index (κ1) is 13.8. The number of amides is 1. The quantitative estimate of drug-likeness (QED) is 0.590. The number of ether oxygens (including phenoxy) is 2. The van der Waals surface area contributed by atoms with E-state index >= 15 is 0 Å². The van der Waals surface area contributed by atoms with Crippen molar-refractivity contribution in [1.82, 2.24) is 5.32 Å². The third kappa shape index (κ3) is 3.65. The van der Waals surface area contributed by atoms with Gasteiger partial charge < -0.3 is 20.5 Å². The van der Waals surface area contributed by atoms with Crippen molar-refractivity contribution >= 4 is 17.6 Å². The summed E-state index contributed by atoms with van der Waals surface area (Å²) >= 11 is 0. The topological polar surface area (TPSA) is 90.6 Å². The maximum Gasteiger partial charge on any atom is 0.307 e. The second-order valence-corrected chi connectivity index (χ2v) is 3.54. The highest BCUT2D eigenvalue weighted by Crippen LogP contribution is 2.19. The summed E-state index contributed by atoms with van der Waals surface area (Å²) in [6, 6.07) is 4.80. The first-order chi connectivity index (χ1) is 8.58. The summed E-state index contributed by atoms with van der Waals surface area (Å²) in [6.45, 7) is 0.197. The van der Waals surface area contributed by atoms with Gasteiger partial charge in [-0.1, -0.05) is 0 Å². The molecule has 1 rings (SSSR count). The number of hydrogen-bond acceptors (Lipinski definition) is 5. The Hall–Kier alpha value is -2.24. The van der Waals surface area contributed by atoms with E-state index in [4.69, 9.17) is 10.5 Å². The molecule has 98 valence electrons. The summed E-state index contributed by atoms with van der Waals surface area (Å²) in [4.78, 5) is 22.7. The zero-order valence-corrected chi connectivity index (χ0v) is 10.4. The molecular formula is C12H16N2O4. The normalized spacial score (nSPS) is 9.67. The van der Waals surface area contributed by atoms with Gasteiger partial charge in [0.1, 0.15) is 5.75 Å². The van der Waals surface area contributed by atoms with E-state index in [1.54, 1.807) is 18.2 Å². The Labute approximate surface area is 105 Å². The standard InChI is InChI=1S/C12H16N2O4/c1-17-8-3-4-10(13)9(7-8)12(16)14-6-5-11(15)18-2/h3-4,7H,5-6,13H2,1-2H3,(H,14,16). The minimum atomic E-state index is -0.381. The number of esters is 1. The summed E-state index contributed by atoms with van der Waals surface area (Å²) in [5.74, 6) is -0.188. The molecule has 0 bridgehead atoms. The number of anilines is 1.